The summed E-state index contributed by atoms with van der Waals surface area (Å²) < 4.78 is 15.9. The van der Waals surface area contributed by atoms with E-state index in [0.717, 1.165) is 0 Å². The van der Waals surface area contributed by atoms with Gasteiger partial charge < -0.3 is 5.11 Å². The van der Waals surface area contributed by atoms with Crippen molar-refractivity contribution < 1.29 is 14.3 Å². The monoisotopic (exact) mass is 355 g/mol. The van der Waals surface area contributed by atoms with Crippen LogP contribution in [0.25, 0.3) is 5.69 Å². The van der Waals surface area contributed by atoms with E-state index in [1.807, 2.05) is 0 Å². The summed E-state index contributed by atoms with van der Waals surface area (Å²) in [5, 5.41) is 14.0. The minimum absolute atomic E-state index is 0.0671. The summed E-state index contributed by atoms with van der Waals surface area (Å²) in [5.74, 6) is -1.49. The number of aliphatic imine (C=N–C) groups is 1. The summed E-state index contributed by atoms with van der Waals surface area (Å²) in [6.45, 7) is 0.0671. The van der Waals surface area contributed by atoms with Crippen LogP contribution in [0.15, 0.2) is 53.7 Å². The molecule has 4 rings (SSSR count). The van der Waals surface area contributed by atoms with E-state index in [9.17, 15) is 14.3 Å². The van der Waals surface area contributed by atoms with Crippen LogP contribution in [0.1, 0.15) is 27.2 Å². The Kier molecular flexibility index (Phi) is 3.62. The lowest BCUT2D eigenvalue weighted by Gasteiger charge is -2.12. The predicted octanol–water partition coefficient (Wildman–Crippen LogP) is 3.71. The average molecular weight is 356 g/mol. The van der Waals surface area contributed by atoms with E-state index in [0.29, 0.717) is 33.2 Å². The molecule has 7 heteroatoms. The van der Waals surface area contributed by atoms with Crippen molar-refractivity contribution >= 4 is 23.3 Å². The van der Waals surface area contributed by atoms with Gasteiger partial charge in [-0.25, -0.2) is 13.9 Å². The summed E-state index contributed by atoms with van der Waals surface area (Å²) >= 11 is 6.13. The van der Waals surface area contributed by atoms with Crippen LogP contribution < -0.4 is 0 Å². The maximum Gasteiger partial charge on any atom is 0.339 e. The van der Waals surface area contributed by atoms with Gasteiger partial charge in [0.1, 0.15) is 11.4 Å². The fourth-order valence-electron chi connectivity index (χ4n) is 2.92. The molecule has 0 fully saturated rings. The van der Waals surface area contributed by atoms with Crippen molar-refractivity contribution in [3.05, 3.63) is 81.9 Å². The molecule has 25 heavy (non-hydrogen) atoms. The van der Waals surface area contributed by atoms with Crippen molar-refractivity contribution in [1.29, 1.82) is 0 Å². The first-order chi connectivity index (χ1) is 12.1. The summed E-state index contributed by atoms with van der Waals surface area (Å²) in [7, 11) is 0. The molecule has 2 heterocycles. The van der Waals surface area contributed by atoms with Gasteiger partial charge in [0.05, 0.1) is 29.8 Å². The van der Waals surface area contributed by atoms with E-state index in [2.05, 4.69) is 10.1 Å². The van der Waals surface area contributed by atoms with Crippen LogP contribution in [0.3, 0.4) is 0 Å². The lowest BCUT2D eigenvalue weighted by Crippen LogP contribution is -2.09. The van der Waals surface area contributed by atoms with Crippen molar-refractivity contribution in [2.45, 2.75) is 6.54 Å². The first-order valence-corrected chi connectivity index (χ1v) is 7.84. The highest BCUT2D eigenvalue weighted by atomic mass is 35.5. The van der Waals surface area contributed by atoms with Gasteiger partial charge in [0.2, 0.25) is 0 Å². The van der Waals surface area contributed by atoms with Gasteiger partial charge in [-0.15, -0.1) is 0 Å². The molecule has 1 aliphatic heterocycles. The van der Waals surface area contributed by atoms with Crippen molar-refractivity contribution in [3.8, 4) is 5.69 Å². The molecule has 0 bridgehead atoms. The van der Waals surface area contributed by atoms with Crippen molar-refractivity contribution in [3.63, 3.8) is 0 Å². The molecule has 3 aromatic rings. The zero-order valence-corrected chi connectivity index (χ0v) is 13.5. The normalized spacial score (nSPS) is 12.8. The summed E-state index contributed by atoms with van der Waals surface area (Å²) in [6, 6.07) is 11.4. The molecule has 0 amide bonds. The number of carboxylic acid groups (broad SMARTS) is 1. The fourth-order valence-corrected chi connectivity index (χ4v) is 3.09. The SMILES string of the molecule is O=C(O)c1cnn2c1CN=C(c1ccccc1F)c1cc(Cl)ccc1-2. The third-order valence-electron chi connectivity index (χ3n) is 4.06. The number of aromatic carboxylic acids is 1. The highest BCUT2D eigenvalue weighted by Crippen LogP contribution is 2.29. The molecule has 0 spiro atoms. The number of carboxylic acids is 1. The Bertz CT molecular complexity index is 1040. The van der Waals surface area contributed by atoms with Crippen LogP contribution in [0.2, 0.25) is 5.02 Å². The van der Waals surface area contributed by atoms with E-state index in [-0.39, 0.29) is 12.1 Å². The zero-order valence-electron chi connectivity index (χ0n) is 12.8. The standard InChI is InChI=1S/C18H11ClFN3O2/c19-10-5-6-15-12(7-10)17(11-3-1-2-4-14(11)20)21-9-16-13(18(24)25)8-22-23(15)16/h1-8H,9H2,(H,24,25). The van der Waals surface area contributed by atoms with Crippen LogP contribution in [0.5, 0.6) is 0 Å². The molecule has 5 nitrogen and oxygen atoms in total. The van der Waals surface area contributed by atoms with Crippen LogP contribution >= 0.6 is 11.6 Å². The minimum atomic E-state index is -1.08. The first kappa shape index (κ1) is 15.5. The largest absolute Gasteiger partial charge is 0.478 e. The van der Waals surface area contributed by atoms with Crippen LogP contribution in [-0.2, 0) is 6.54 Å². The number of benzene rings is 2. The van der Waals surface area contributed by atoms with E-state index in [1.54, 1.807) is 36.4 Å². The van der Waals surface area contributed by atoms with Gasteiger partial charge in [-0.05, 0) is 30.3 Å². The van der Waals surface area contributed by atoms with Gasteiger partial charge in [-0.1, -0.05) is 23.7 Å². The molecule has 1 aliphatic rings. The molecule has 0 saturated carbocycles. The van der Waals surface area contributed by atoms with Crippen LogP contribution in [0, 0.1) is 5.82 Å². The van der Waals surface area contributed by atoms with Gasteiger partial charge in [-0.2, -0.15) is 5.10 Å². The molecular weight excluding hydrogens is 345 g/mol. The summed E-state index contributed by atoms with van der Waals surface area (Å²) in [5.41, 5.74) is 2.44. The number of nitrogens with zero attached hydrogens (tertiary/aromatic N) is 3. The molecule has 1 aromatic heterocycles. The number of aromatic nitrogens is 2. The molecular formula is C18H11ClFN3O2. The Hall–Kier alpha value is -2.99. The summed E-state index contributed by atoms with van der Waals surface area (Å²) in [6.07, 6.45) is 1.29. The Balaban J connectivity index is 2.01. The molecule has 124 valence electrons. The van der Waals surface area contributed by atoms with Gasteiger partial charge in [0, 0.05) is 16.1 Å². The zero-order chi connectivity index (χ0) is 17.6. The van der Waals surface area contributed by atoms with Gasteiger partial charge in [-0.3, -0.25) is 4.99 Å². The fraction of sp³-hybridized carbons (Fsp3) is 0.0556. The molecule has 0 aliphatic carbocycles. The maximum atomic E-state index is 14.3. The minimum Gasteiger partial charge on any atom is -0.478 e. The van der Waals surface area contributed by atoms with E-state index < -0.39 is 11.8 Å². The molecule has 2 aromatic carbocycles. The van der Waals surface area contributed by atoms with Crippen molar-refractivity contribution in [2.75, 3.05) is 0 Å². The predicted molar refractivity (Wildman–Crippen MR) is 91.3 cm³/mol. The lowest BCUT2D eigenvalue weighted by atomic mass is 10.00. The van der Waals surface area contributed by atoms with Crippen LogP contribution in [-0.4, -0.2) is 26.6 Å². The van der Waals surface area contributed by atoms with Gasteiger partial charge in [0.25, 0.3) is 0 Å². The molecule has 0 atom stereocenters. The second-order valence-corrected chi connectivity index (χ2v) is 5.96. The van der Waals surface area contributed by atoms with E-state index in [4.69, 9.17) is 11.6 Å². The molecule has 0 radical (unpaired) electrons. The number of hydrogen-bond acceptors (Lipinski definition) is 3. The number of halogens is 2. The lowest BCUT2D eigenvalue weighted by molar-refractivity contribution is 0.0695. The molecule has 0 unspecified atom stereocenters. The van der Waals surface area contributed by atoms with E-state index >= 15 is 0 Å². The maximum absolute atomic E-state index is 14.3. The van der Waals surface area contributed by atoms with Gasteiger partial charge >= 0.3 is 5.97 Å². The first-order valence-electron chi connectivity index (χ1n) is 7.46. The van der Waals surface area contributed by atoms with E-state index in [1.165, 1.54) is 16.9 Å². The van der Waals surface area contributed by atoms with Gasteiger partial charge in [0.15, 0.2) is 0 Å². The van der Waals surface area contributed by atoms with Crippen molar-refractivity contribution in [2.24, 2.45) is 4.99 Å². The number of fused-ring (bicyclic) bond motifs is 3. The summed E-state index contributed by atoms with van der Waals surface area (Å²) in [4.78, 5) is 15.9. The Morgan fingerprint density at radius 1 is 1.20 bits per heavy atom. The highest BCUT2D eigenvalue weighted by molar-refractivity contribution is 6.31. The topological polar surface area (TPSA) is 67.5 Å². The van der Waals surface area contributed by atoms with Crippen LogP contribution in [0.4, 0.5) is 4.39 Å². The third kappa shape index (κ3) is 2.51. The molecule has 0 saturated heterocycles. The Morgan fingerprint density at radius 2 is 2.00 bits per heavy atom. The smallest absolute Gasteiger partial charge is 0.339 e. The number of carbonyl (C=O) groups is 1. The Labute approximate surface area is 147 Å². The second kappa shape index (κ2) is 5.82. The number of hydrogen-bond donors (Lipinski definition) is 1. The third-order valence-corrected chi connectivity index (χ3v) is 4.29. The van der Waals surface area contributed by atoms with Crippen molar-refractivity contribution in [1.82, 2.24) is 9.78 Å². The second-order valence-electron chi connectivity index (χ2n) is 5.53. The Morgan fingerprint density at radius 3 is 2.76 bits per heavy atom. The number of rotatable bonds is 2. The molecule has 1 N–H and O–H groups in total. The highest BCUT2D eigenvalue weighted by Gasteiger charge is 2.25. The average Bonchev–Trinajstić information content (AvgIpc) is 2.94. The quantitative estimate of drug-likeness (QED) is 0.762.